The van der Waals surface area contributed by atoms with Crippen molar-refractivity contribution in [1.82, 2.24) is 10.6 Å². The zero-order valence-electron chi connectivity index (χ0n) is 12.3. The Morgan fingerprint density at radius 2 is 2.05 bits per heavy atom. The van der Waals surface area contributed by atoms with Crippen molar-refractivity contribution in [3.63, 3.8) is 0 Å². The molecule has 6 heteroatoms. The van der Waals surface area contributed by atoms with Crippen molar-refractivity contribution in [2.75, 3.05) is 7.11 Å². The highest BCUT2D eigenvalue weighted by atomic mass is 16.5. The number of amides is 2. The Balaban J connectivity index is 1.81. The van der Waals surface area contributed by atoms with Crippen LogP contribution in [0.15, 0.2) is 0 Å². The fourth-order valence-electron chi connectivity index (χ4n) is 2.92. The molecule has 2 aliphatic rings. The van der Waals surface area contributed by atoms with E-state index in [0.29, 0.717) is 5.92 Å². The Bertz CT molecular complexity index is 393. The number of nitrogens with one attached hydrogen (secondary N) is 2. The molecule has 2 fully saturated rings. The summed E-state index contributed by atoms with van der Waals surface area (Å²) in [6.45, 7) is 4.12. The molecule has 20 heavy (non-hydrogen) atoms. The summed E-state index contributed by atoms with van der Waals surface area (Å²) < 4.78 is 5.35. The monoisotopic (exact) mass is 284 g/mol. The van der Waals surface area contributed by atoms with Crippen LogP contribution in [0, 0.1) is 11.3 Å². The van der Waals surface area contributed by atoms with Crippen LogP contribution in [-0.2, 0) is 9.53 Å². The molecular weight excluding hydrogens is 260 g/mol. The quantitative estimate of drug-likeness (QED) is 0.687. The highest BCUT2D eigenvalue weighted by molar-refractivity contribution is 5.76. The second-order valence-electron chi connectivity index (χ2n) is 6.49. The molecule has 0 aromatic rings. The van der Waals surface area contributed by atoms with E-state index < -0.39 is 5.97 Å². The first-order valence-corrected chi connectivity index (χ1v) is 7.16. The molecule has 3 atom stereocenters. The van der Waals surface area contributed by atoms with E-state index in [1.165, 1.54) is 0 Å². The van der Waals surface area contributed by atoms with Gasteiger partial charge in [0, 0.05) is 24.6 Å². The van der Waals surface area contributed by atoms with E-state index in [1.807, 2.05) is 0 Å². The summed E-state index contributed by atoms with van der Waals surface area (Å²) in [5.41, 5.74) is -0.0893. The number of hydrogen-bond acceptors (Lipinski definition) is 3. The van der Waals surface area contributed by atoms with Crippen LogP contribution in [0.4, 0.5) is 4.79 Å². The molecule has 0 radical (unpaired) electrons. The van der Waals surface area contributed by atoms with Gasteiger partial charge >= 0.3 is 12.0 Å². The molecule has 0 aliphatic heterocycles. The SMILES string of the molecule is COC1CC(NC(=O)NC(CC(=O)O)C2CC2)C1(C)C. The number of urea groups is 1. The molecule has 2 aliphatic carbocycles. The first-order valence-electron chi connectivity index (χ1n) is 7.16. The lowest BCUT2D eigenvalue weighted by molar-refractivity contribution is -0.137. The van der Waals surface area contributed by atoms with E-state index in [9.17, 15) is 9.59 Å². The van der Waals surface area contributed by atoms with Crippen LogP contribution in [0.1, 0.15) is 39.5 Å². The summed E-state index contributed by atoms with van der Waals surface area (Å²) in [4.78, 5) is 22.8. The number of methoxy groups -OCH3 is 1. The van der Waals surface area contributed by atoms with E-state index in [4.69, 9.17) is 9.84 Å². The summed E-state index contributed by atoms with van der Waals surface area (Å²) in [5, 5.41) is 14.6. The van der Waals surface area contributed by atoms with E-state index >= 15 is 0 Å². The zero-order chi connectivity index (χ0) is 14.9. The minimum Gasteiger partial charge on any atom is -0.481 e. The maximum atomic E-state index is 12.0. The summed E-state index contributed by atoms with van der Waals surface area (Å²) in [6.07, 6.45) is 2.94. The molecule has 3 unspecified atom stereocenters. The Morgan fingerprint density at radius 1 is 1.40 bits per heavy atom. The lowest BCUT2D eigenvalue weighted by Crippen LogP contribution is -2.63. The maximum Gasteiger partial charge on any atom is 0.315 e. The predicted molar refractivity (Wildman–Crippen MR) is 73.4 cm³/mol. The molecule has 2 saturated carbocycles. The van der Waals surface area contributed by atoms with Gasteiger partial charge in [-0.15, -0.1) is 0 Å². The van der Waals surface area contributed by atoms with E-state index in [-0.39, 0.29) is 36.1 Å². The van der Waals surface area contributed by atoms with E-state index in [1.54, 1.807) is 7.11 Å². The summed E-state index contributed by atoms with van der Waals surface area (Å²) in [5.74, 6) is -0.552. The van der Waals surface area contributed by atoms with Crippen LogP contribution < -0.4 is 10.6 Å². The lowest BCUT2D eigenvalue weighted by atomic mass is 9.64. The topological polar surface area (TPSA) is 87.7 Å². The molecule has 114 valence electrons. The number of carbonyl (C=O) groups is 2. The molecule has 2 amide bonds. The van der Waals surface area contributed by atoms with Crippen molar-refractivity contribution in [2.24, 2.45) is 11.3 Å². The molecule has 0 saturated heterocycles. The minimum absolute atomic E-state index is 0.00710. The normalized spacial score (nSPS) is 29.1. The van der Waals surface area contributed by atoms with Gasteiger partial charge in [0.25, 0.3) is 0 Å². The molecule has 2 rings (SSSR count). The fourth-order valence-corrected chi connectivity index (χ4v) is 2.92. The van der Waals surface area contributed by atoms with Crippen LogP contribution in [0.5, 0.6) is 0 Å². The molecular formula is C14H24N2O4. The molecule has 0 aromatic heterocycles. The van der Waals surface area contributed by atoms with Crippen molar-refractivity contribution in [2.45, 2.75) is 57.7 Å². The first-order chi connectivity index (χ1) is 9.34. The molecule has 0 aromatic carbocycles. The number of carboxylic acids is 1. The number of carboxylic acid groups (broad SMARTS) is 1. The third-order valence-corrected chi connectivity index (χ3v) is 4.67. The minimum atomic E-state index is -0.870. The maximum absolute atomic E-state index is 12.0. The number of hydrogen-bond donors (Lipinski definition) is 3. The van der Waals surface area contributed by atoms with Crippen LogP contribution in [0.2, 0.25) is 0 Å². The number of aliphatic carboxylic acids is 1. The number of carbonyl (C=O) groups excluding carboxylic acids is 1. The van der Waals surface area contributed by atoms with Gasteiger partial charge in [-0.3, -0.25) is 4.79 Å². The molecule has 0 spiro atoms. The number of rotatable bonds is 6. The summed E-state index contributed by atoms with van der Waals surface area (Å²) >= 11 is 0. The van der Waals surface area contributed by atoms with Gasteiger partial charge in [-0.2, -0.15) is 0 Å². The molecule has 3 N–H and O–H groups in total. The van der Waals surface area contributed by atoms with Crippen LogP contribution in [0.25, 0.3) is 0 Å². The van der Waals surface area contributed by atoms with E-state index in [0.717, 1.165) is 19.3 Å². The van der Waals surface area contributed by atoms with Gasteiger partial charge in [0.1, 0.15) is 0 Å². The second kappa shape index (κ2) is 5.60. The molecule has 0 bridgehead atoms. The van der Waals surface area contributed by atoms with E-state index in [2.05, 4.69) is 24.5 Å². The average Bonchev–Trinajstić information content (AvgIpc) is 3.16. The standard InChI is InChI=1S/C14H24N2O4/c1-14(2)10(7-11(14)20-3)16-13(19)15-9(6-12(17)18)8-4-5-8/h8-11H,4-7H2,1-3H3,(H,17,18)(H2,15,16,19). The molecule has 6 nitrogen and oxygen atoms in total. The highest BCUT2D eigenvalue weighted by Crippen LogP contribution is 2.42. The predicted octanol–water partition coefficient (Wildman–Crippen LogP) is 1.35. The van der Waals surface area contributed by atoms with Gasteiger partial charge in [0.2, 0.25) is 0 Å². The smallest absolute Gasteiger partial charge is 0.315 e. The van der Waals surface area contributed by atoms with Gasteiger partial charge in [-0.1, -0.05) is 13.8 Å². The molecule has 0 heterocycles. The van der Waals surface area contributed by atoms with Crippen LogP contribution >= 0.6 is 0 Å². The van der Waals surface area contributed by atoms with Gasteiger partial charge in [0.05, 0.1) is 12.5 Å². The van der Waals surface area contributed by atoms with Crippen molar-refractivity contribution < 1.29 is 19.4 Å². The zero-order valence-corrected chi connectivity index (χ0v) is 12.3. The fraction of sp³-hybridized carbons (Fsp3) is 0.857. The van der Waals surface area contributed by atoms with Gasteiger partial charge in [0.15, 0.2) is 0 Å². The third-order valence-electron chi connectivity index (χ3n) is 4.67. The lowest BCUT2D eigenvalue weighted by Gasteiger charge is -2.51. The van der Waals surface area contributed by atoms with Crippen molar-refractivity contribution in [1.29, 1.82) is 0 Å². The Kier molecular flexibility index (Phi) is 4.22. The third kappa shape index (κ3) is 3.23. The van der Waals surface area contributed by atoms with Gasteiger partial charge in [-0.05, 0) is 25.2 Å². The average molecular weight is 284 g/mol. The summed E-state index contributed by atoms with van der Waals surface area (Å²) in [6, 6.07) is -0.457. The van der Waals surface area contributed by atoms with Gasteiger partial charge in [-0.25, -0.2) is 4.79 Å². The van der Waals surface area contributed by atoms with Crippen molar-refractivity contribution >= 4 is 12.0 Å². The van der Waals surface area contributed by atoms with Crippen molar-refractivity contribution in [3.05, 3.63) is 0 Å². The van der Waals surface area contributed by atoms with Crippen molar-refractivity contribution in [3.8, 4) is 0 Å². The van der Waals surface area contributed by atoms with Crippen LogP contribution in [0.3, 0.4) is 0 Å². The first kappa shape index (κ1) is 15.1. The Hall–Kier alpha value is -1.30. The second-order valence-corrected chi connectivity index (χ2v) is 6.49. The Morgan fingerprint density at radius 3 is 2.50 bits per heavy atom. The van der Waals surface area contributed by atoms with Gasteiger partial charge < -0.3 is 20.5 Å². The highest BCUT2D eigenvalue weighted by Gasteiger charge is 2.49. The van der Waals surface area contributed by atoms with Crippen LogP contribution in [-0.4, -0.2) is 42.4 Å². The largest absolute Gasteiger partial charge is 0.481 e. The Labute approximate surface area is 119 Å². The number of ether oxygens (including phenoxy) is 1. The summed E-state index contributed by atoms with van der Waals surface area (Å²) in [7, 11) is 1.68.